The molecular weight excluding hydrogens is 290 g/mol. The lowest BCUT2D eigenvalue weighted by atomic mass is 10.2. The number of rotatable bonds is 6. The van der Waals surface area contributed by atoms with Crippen molar-refractivity contribution in [3.63, 3.8) is 0 Å². The Kier molecular flexibility index (Phi) is 5.35. The Morgan fingerprint density at radius 2 is 1.95 bits per heavy atom. The molecule has 0 spiro atoms. The van der Waals surface area contributed by atoms with Gasteiger partial charge in [-0.25, -0.2) is 9.97 Å². The molecule has 2 aromatic rings. The topological polar surface area (TPSA) is 29.0 Å². The molecule has 0 bridgehead atoms. The van der Waals surface area contributed by atoms with Crippen molar-refractivity contribution in [3.05, 3.63) is 21.4 Å². The standard InChI is InChI=1S/C15H22ClN3S/c1-5-7-8-19(6-2)9-12-17-14(16)13-10(3)11(4)20-15(13)18-12/h5-9H2,1-4H3. The van der Waals surface area contributed by atoms with Gasteiger partial charge < -0.3 is 0 Å². The number of halogens is 1. The van der Waals surface area contributed by atoms with Crippen LogP contribution in [-0.2, 0) is 6.54 Å². The first-order valence-electron chi connectivity index (χ1n) is 7.21. The van der Waals surface area contributed by atoms with Gasteiger partial charge in [0, 0.05) is 4.88 Å². The van der Waals surface area contributed by atoms with Crippen LogP contribution < -0.4 is 0 Å². The van der Waals surface area contributed by atoms with Gasteiger partial charge in [0.05, 0.1) is 11.9 Å². The molecule has 0 radical (unpaired) electrons. The monoisotopic (exact) mass is 311 g/mol. The van der Waals surface area contributed by atoms with Gasteiger partial charge in [-0.1, -0.05) is 31.9 Å². The molecule has 0 amide bonds. The largest absolute Gasteiger partial charge is 0.296 e. The van der Waals surface area contributed by atoms with Crippen molar-refractivity contribution in [1.29, 1.82) is 0 Å². The quantitative estimate of drug-likeness (QED) is 0.731. The van der Waals surface area contributed by atoms with Crippen LogP contribution in [0.5, 0.6) is 0 Å². The van der Waals surface area contributed by atoms with Crippen LogP contribution in [0, 0.1) is 13.8 Å². The van der Waals surface area contributed by atoms with Gasteiger partial charge in [-0.2, -0.15) is 0 Å². The van der Waals surface area contributed by atoms with Crippen LogP contribution in [0.3, 0.4) is 0 Å². The van der Waals surface area contributed by atoms with Crippen molar-refractivity contribution < 1.29 is 0 Å². The SMILES string of the molecule is CCCCN(CC)Cc1nc(Cl)c2c(C)c(C)sc2n1. The summed E-state index contributed by atoms with van der Waals surface area (Å²) < 4.78 is 0. The van der Waals surface area contributed by atoms with Crippen LogP contribution in [0.25, 0.3) is 10.2 Å². The van der Waals surface area contributed by atoms with Crippen LogP contribution in [-0.4, -0.2) is 28.0 Å². The van der Waals surface area contributed by atoms with E-state index in [1.807, 2.05) is 0 Å². The lowest BCUT2D eigenvalue weighted by molar-refractivity contribution is 0.269. The fourth-order valence-electron chi connectivity index (χ4n) is 2.24. The van der Waals surface area contributed by atoms with Crippen LogP contribution in [0.15, 0.2) is 0 Å². The molecule has 0 saturated heterocycles. The van der Waals surface area contributed by atoms with Gasteiger partial charge in [0.15, 0.2) is 0 Å². The smallest absolute Gasteiger partial charge is 0.145 e. The van der Waals surface area contributed by atoms with Crippen molar-refractivity contribution in [1.82, 2.24) is 14.9 Å². The van der Waals surface area contributed by atoms with Gasteiger partial charge in [0.25, 0.3) is 0 Å². The van der Waals surface area contributed by atoms with Gasteiger partial charge in [-0.15, -0.1) is 11.3 Å². The maximum Gasteiger partial charge on any atom is 0.145 e. The molecule has 2 heterocycles. The van der Waals surface area contributed by atoms with E-state index in [-0.39, 0.29) is 0 Å². The van der Waals surface area contributed by atoms with Gasteiger partial charge in [-0.05, 0) is 38.9 Å². The van der Waals surface area contributed by atoms with Crippen molar-refractivity contribution in [2.45, 2.75) is 47.1 Å². The third kappa shape index (κ3) is 3.30. The molecule has 3 nitrogen and oxygen atoms in total. The van der Waals surface area contributed by atoms with E-state index in [2.05, 4.69) is 37.6 Å². The minimum absolute atomic E-state index is 0.596. The summed E-state index contributed by atoms with van der Waals surface area (Å²) in [6.07, 6.45) is 2.42. The highest BCUT2D eigenvalue weighted by molar-refractivity contribution is 7.18. The maximum atomic E-state index is 6.35. The summed E-state index contributed by atoms with van der Waals surface area (Å²) in [4.78, 5) is 13.8. The summed E-state index contributed by atoms with van der Waals surface area (Å²) in [6.45, 7) is 11.5. The van der Waals surface area contributed by atoms with Crippen LogP contribution in [0.1, 0.15) is 43.0 Å². The molecule has 0 unspecified atom stereocenters. The maximum absolute atomic E-state index is 6.35. The average molecular weight is 312 g/mol. The molecule has 5 heteroatoms. The molecule has 110 valence electrons. The second-order valence-electron chi connectivity index (χ2n) is 5.12. The molecule has 0 atom stereocenters. The average Bonchev–Trinajstić information content (AvgIpc) is 2.70. The summed E-state index contributed by atoms with van der Waals surface area (Å²) in [5.41, 5.74) is 1.21. The Morgan fingerprint density at radius 3 is 2.60 bits per heavy atom. The predicted octanol–water partition coefficient (Wildman–Crippen LogP) is 4.58. The Hall–Kier alpha value is -0.710. The minimum atomic E-state index is 0.596. The first-order chi connectivity index (χ1) is 9.56. The number of fused-ring (bicyclic) bond motifs is 1. The lowest BCUT2D eigenvalue weighted by Crippen LogP contribution is -2.25. The van der Waals surface area contributed by atoms with Crippen molar-refractivity contribution in [3.8, 4) is 0 Å². The fourth-order valence-corrected chi connectivity index (χ4v) is 3.68. The summed E-state index contributed by atoms with van der Waals surface area (Å²) in [5, 5.41) is 1.62. The number of unbranched alkanes of at least 4 members (excludes halogenated alkanes) is 1. The van der Waals surface area contributed by atoms with Crippen LogP contribution in [0.4, 0.5) is 0 Å². The summed E-state index contributed by atoms with van der Waals surface area (Å²) in [6, 6.07) is 0. The zero-order valence-electron chi connectivity index (χ0n) is 12.7. The van der Waals surface area contributed by atoms with E-state index in [4.69, 9.17) is 16.6 Å². The zero-order chi connectivity index (χ0) is 14.7. The lowest BCUT2D eigenvalue weighted by Gasteiger charge is -2.19. The van der Waals surface area contributed by atoms with Gasteiger partial charge in [0.1, 0.15) is 15.8 Å². The molecule has 0 fully saturated rings. The van der Waals surface area contributed by atoms with Crippen molar-refractivity contribution >= 4 is 33.2 Å². The van der Waals surface area contributed by atoms with Gasteiger partial charge in [0.2, 0.25) is 0 Å². The fraction of sp³-hybridized carbons (Fsp3) is 0.600. The number of thiophene rings is 1. The Bertz CT molecular complexity index is 594. The highest BCUT2D eigenvalue weighted by Gasteiger charge is 2.14. The molecule has 0 N–H and O–H groups in total. The number of aromatic nitrogens is 2. The Balaban J connectivity index is 2.27. The van der Waals surface area contributed by atoms with E-state index >= 15 is 0 Å². The normalized spacial score (nSPS) is 11.7. The van der Waals surface area contributed by atoms with E-state index in [0.29, 0.717) is 5.15 Å². The first-order valence-corrected chi connectivity index (χ1v) is 8.40. The molecule has 2 rings (SSSR count). The second-order valence-corrected chi connectivity index (χ2v) is 6.68. The molecular formula is C15H22ClN3S. The van der Waals surface area contributed by atoms with E-state index in [9.17, 15) is 0 Å². The highest BCUT2D eigenvalue weighted by Crippen LogP contribution is 2.32. The predicted molar refractivity (Wildman–Crippen MR) is 87.8 cm³/mol. The first kappa shape index (κ1) is 15.7. The molecule has 0 aliphatic heterocycles. The zero-order valence-corrected chi connectivity index (χ0v) is 14.2. The Morgan fingerprint density at radius 1 is 1.20 bits per heavy atom. The third-order valence-corrected chi connectivity index (χ3v) is 5.05. The molecule has 0 aromatic carbocycles. The Labute approximate surface area is 130 Å². The van der Waals surface area contributed by atoms with E-state index < -0.39 is 0 Å². The van der Waals surface area contributed by atoms with E-state index in [0.717, 1.165) is 35.7 Å². The summed E-state index contributed by atoms with van der Waals surface area (Å²) in [7, 11) is 0. The van der Waals surface area contributed by atoms with E-state index in [1.54, 1.807) is 11.3 Å². The number of nitrogens with zero attached hydrogens (tertiary/aromatic N) is 3. The molecule has 0 aliphatic rings. The highest BCUT2D eigenvalue weighted by atomic mass is 35.5. The molecule has 0 aliphatic carbocycles. The van der Waals surface area contributed by atoms with Crippen LogP contribution in [0.2, 0.25) is 5.15 Å². The number of aryl methyl sites for hydroxylation is 2. The number of hydrogen-bond acceptors (Lipinski definition) is 4. The van der Waals surface area contributed by atoms with Gasteiger partial charge >= 0.3 is 0 Å². The molecule has 0 saturated carbocycles. The summed E-state index contributed by atoms with van der Waals surface area (Å²) in [5.74, 6) is 0.835. The van der Waals surface area contributed by atoms with Crippen LogP contribution >= 0.6 is 22.9 Å². The van der Waals surface area contributed by atoms with Gasteiger partial charge in [-0.3, -0.25) is 4.90 Å². The molecule has 2 aromatic heterocycles. The molecule has 20 heavy (non-hydrogen) atoms. The van der Waals surface area contributed by atoms with E-state index in [1.165, 1.54) is 23.3 Å². The second kappa shape index (κ2) is 6.83. The third-order valence-electron chi connectivity index (χ3n) is 3.67. The summed E-state index contributed by atoms with van der Waals surface area (Å²) >= 11 is 8.05. The number of hydrogen-bond donors (Lipinski definition) is 0. The minimum Gasteiger partial charge on any atom is -0.296 e. The van der Waals surface area contributed by atoms with Crippen molar-refractivity contribution in [2.75, 3.05) is 13.1 Å². The van der Waals surface area contributed by atoms with Crippen molar-refractivity contribution in [2.24, 2.45) is 0 Å².